The van der Waals surface area contributed by atoms with Crippen molar-refractivity contribution in [2.45, 2.75) is 19.4 Å². The van der Waals surface area contributed by atoms with Crippen LogP contribution in [0.1, 0.15) is 17.5 Å². The number of carbonyl (C=O) groups excluding carboxylic acids is 2. The van der Waals surface area contributed by atoms with Crippen LogP contribution in [0.25, 0.3) is 0 Å². The Labute approximate surface area is 123 Å². The number of nitrogens with one attached hydrogen (secondary N) is 1. The summed E-state index contributed by atoms with van der Waals surface area (Å²) in [6.45, 7) is 2.96. The van der Waals surface area contributed by atoms with Crippen LogP contribution in [0.2, 0.25) is 0 Å². The Kier molecular flexibility index (Phi) is 4.06. The van der Waals surface area contributed by atoms with Crippen LogP contribution in [0.4, 0.5) is 4.79 Å². The summed E-state index contributed by atoms with van der Waals surface area (Å²) in [4.78, 5) is 25.3. The molecule has 2 aliphatic rings. The lowest BCUT2D eigenvalue weighted by Crippen LogP contribution is -2.50. The van der Waals surface area contributed by atoms with Gasteiger partial charge in [-0.05, 0) is 17.5 Å². The van der Waals surface area contributed by atoms with Crippen molar-refractivity contribution >= 4 is 12.0 Å². The van der Waals surface area contributed by atoms with Gasteiger partial charge in [0.15, 0.2) is 0 Å². The maximum absolute atomic E-state index is 12.3. The van der Waals surface area contributed by atoms with E-state index in [1.165, 1.54) is 11.1 Å². The Hall–Kier alpha value is -2.08. The predicted molar refractivity (Wildman–Crippen MR) is 76.2 cm³/mol. The third-order valence-corrected chi connectivity index (χ3v) is 3.92. The van der Waals surface area contributed by atoms with Crippen molar-refractivity contribution in [1.29, 1.82) is 0 Å². The number of hydrazine groups is 1. The molecule has 0 aromatic heterocycles. The first-order valence-electron chi connectivity index (χ1n) is 7.25. The lowest BCUT2D eigenvalue weighted by atomic mass is 10.00. The highest BCUT2D eigenvalue weighted by Crippen LogP contribution is 2.19. The molecule has 0 saturated carbocycles. The van der Waals surface area contributed by atoms with E-state index in [1.807, 2.05) is 17.0 Å². The van der Waals surface area contributed by atoms with Crippen molar-refractivity contribution in [2.24, 2.45) is 0 Å². The van der Waals surface area contributed by atoms with Gasteiger partial charge in [0.25, 0.3) is 0 Å². The Bertz CT molecular complexity index is 547. The minimum Gasteiger partial charge on any atom is -0.447 e. The van der Waals surface area contributed by atoms with Gasteiger partial charge in [-0.25, -0.2) is 9.80 Å². The van der Waals surface area contributed by atoms with Gasteiger partial charge in [-0.3, -0.25) is 10.2 Å². The summed E-state index contributed by atoms with van der Waals surface area (Å²) >= 11 is 0. The fourth-order valence-corrected chi connectivity index (χ4v) is 2.73. The Morgan fingerprint density at radius 1 is 1.24 bits per heavy atom. The molecule has 0 unspecified atom stereocenters. The molecule has 0 atom stereocenters. The quantitative estimate of drug-likeness (QED) is 0.899. The molecular weight excluding hydrogens is 270 g/mol. The Balaban J connectivity index is 1.51. The largest absolute Gasteiger partial charge is 0.447 e. The smallest absolute Gasteiger partial charge is 0.421 e. The maximum Gasteiger partial charge on any atom is 0.421 e. The molecular formula is C15H19N3O3. The van der Waals surface area contributed by atoms with Gasteiger partial charge in [0.1, 0.15) is 6.61 Å². The fourth-order valence-electron chi connectivity index (χ4n) is 2.73. The van der Waals surface area contributed by atoms with Crippen LogP contribution in [-0.2, 0) is 22.5 Å². The van der Waals surface area contributed by atoms with Gasteiger partial charge in [0, 0.05) is 26.1 Å². The van der Waals surface area contributed by atoms with Crippen LogP contribution in [-0.4, -0.2) is 48.2 Å². The second-order valence-electron chi connectivity index (χ2n) is 5.32. The minimum absolute atomic E-state index is 0.130. The van der Waals surface area contributed by atoms with Crippen LogP contribution >= 0.6 is 0 Å². The van der Waals surface area contributed by atoms with Gasteiger partial charge in [0.2, 0.25) is 5.91 Å². The molecule has 0 bridgehead atoms. The normalized spacial score (nSPS) is 18.7. The fraction of sp³-hybridized carbons (Fsp3) is 0.467. The highest BCUT2D eigenvalue weighted by Gasteiger charge is 2.22. The molecule has 1 saturated heterocycles. The summed E-state index contributed by atoms with van der Waals surface area (Å²) in [7, 11) is 0. The van der Waals surface area contributed by atoms with E-state index in [4.69, 9.17) is 4.74 Å². The number of hydrogen-bond donors (Lipinski definition) is 1. The molecule has 1 N–H and O–H groups in total. The van der Waals surface area contributed by atoms with Crippen molar-refractivity contribution in [2.75, 3.05) is 26.2 Å². The highest BCUT2D eigenvalue weighted by molar-refractivity contribution is 5.76. The van der Waals surface area contributed by atoms with Gasteiger partial charge in [-0.15, -0.1) is 0 Å². The Morgan fingerprint density at radius 3 is 2.86 bits per heavy atom. The molecule has 6 nitrogen and oxygen atoms in total. The number of rotatable bonds is 3. The molecule has 2 aliphatic heterocycles. The number of hydrogen-bond acceptors (Lipinski definition) is 4. The summed E-state index contributed by atoms with van der Waals surface area (Å²) in [6.07, 6.45) is 0.874. The van der Waals surface area contributed by atoms with Crippen LogP contribution < -0.4 is 5.43 Å². The summed E-state index contributed by atoms with van der Waals surface area (Å²) in [5.41, 5.74) is 5.16. The van der Waals surface area contributed by atoms with Crippen molar-refractivity contribution < 1.29 is 14.3 Å². The number of fused-ring (bicyclic) bond motifs is 1. The topological polar surface area (TPSA) is 61.9 Å². The van der Waals surface area contributed by atoms with E-state index < -0.39 is 6.09 Å². The second-order valence-corrected chi connectivity index (χ2v) is 5.32. The average molecular weight is 289 g/mol. The van der Waals surface area contributed by atoms with Crippen LogP contribution in [0.3, 0.4) is 0 Å². The predicted octanol–water partition coefficient (Wildman–Crippen LogP) is 0.918. The van der Waals surface area contributed by atoms with Gasteiger partial charge >= 0.3 is 6.09 Å². The molecule has 6 heteroatoms. The first kappa shape index (κ1) is 13.9. The summed E-state index contributed by atoms with van der Waals surface area (Å²) < 4.78 is 4.78. The molecule has 21 heavy (non-hydrogen) atoms. The molecule has 1 aromatic carbocycles. The third kappa shape index (κ3) is 3.33. The van der Waals surface area contributed by atoms with Crippen molar-refractivity contribution in [3.8, 4) is 0 Å². The molecule has 0 aliphatic carbocycles. The molecule has 0 spiro atoms. The van der Waals surface area contributed by atoms with Crippen LogP contribution in [0, 0.1) is 0 Å². The number of cyclic esters (lactones) is 1. The number of nitrogens with zero attached hydrogens (tertiary/aromatic N) is 2. The van der Waals surface area contributed by atoms with Crippen molar-refractivity contribution in [3.05, 3.63) is 35.4 Å². The third-order valence-electron chi connectivity index (χ3n) is 3.92. The molecule has 3 rings (SSSR count). The first-order valence-corrected chi connectivity index (χ1v) is 7.25. The van der Waals surface area contributed by atoms with Crippen molar-refractivity contribution in [3.63, 3.8) is 0 Å². The van der Waals surface area contributed by atoms with Crippen LogP contribution in [0.15, 0.2) is 24.3 Å². The van der Waals surface area contributed by atoms with E-state index in [1.54, 1.807) is 5.01 Å². The maximum atomic E-state index is 12.3. The summed E-state index contributed by atoms with van der Waals surface area (Å²) in [6, 6.07) is 8.25. The number of benzene rings is 1. The Morgan fingerprint density at radius 2 is 2.05 bits per heavy atom. The van der Waals surface area contributed by atoms with E-state index >= 15 is 0 Å². The molecule has 112 valence electrons. The van der Waals surface area contributed by atoms with Crippen LogP contribution in [0.5, 0.6) is 0 Å². The monoisotopic (exact) mass is 289 g/mol. The zero-order valence-corrected chi connectivity index (χ0v) is 11.9. The molecule has 1 aromatic rings. The highest BCUT2D eigenvalue weighted by atomic mass is 16.6. The summed E-state index contributed by atoms with van der Waals surface area (Å²) in [5, 5.41) is 1.74. The lowest BCUT2D eigenvalue weighted by molar-refractivity contribution is -0.132. The van der Waals surface area contributed by atoms with E-state index in [0.29, 0.717) is 32.7 Å². The van der Waals surface area contributed by atoms with Crippen molar-refractivity contribution in [1.82, 2.24) is 15.3 Å². The van der Waals surface area contributed by atoms with Gasteiger partial charge in [0.05, 0.1) is 6.54 Å². The molecule has 2 amide bonds. The zero-order chi connectivity index (χ0) is 14.7. The number of ether oxygens (including phenoxy) is 1. The van der Waals surface area contributed by atoms with Gasteiger partial charge in [-0.1, -0.05) is 24.3 Å². The minimum atomic E-state index is -0.444. The SMILES string of the molecule is O=C1NN(CCC(=O)N2CCc3ccccc3C2)CCO1. The first-order chi connectivity index (χ1) is 10.2. The van der Waals surface area contributed by atoms with E-state index in [-0.39, 0.29) is 5.91 Å². The average Bonchev–Trinajstić information content (AvgIpc) is 2.52. The number of amides is 2. The molecule has 0 radical (unpaired) electrons. The van der Waals surface area contributed by atoms with E-state index in [2.05, 4.69) is 17.6 Å². The van der Waals surface area contributed by atoms with E-state index in [9.17, 15) is 9.59 Å². The number of carbonyl (C=O) groups is 2. The van der Waals surface area contributed by atoms with Gasteiger partial charge in [-0.2, -0.15) is 0 Å². The zero-order valence-electron chi connectivity index (χ0n) is 11.9. The van der Waals surface area contributed by atoms with E-state index in [0.717, 1.165) is 13.0 Å². The second kappa shape index (κ2) is 6.13. The standard InChI is InChI=1S/C15H19N3O3/c19-14(6-8-18-9-10-21-15(20)16-18)17-7-5-12-3-1-2-4-13(12)11-17/h1-4H,5-11H2,(H,16,20). The summed E-state index contributed by atoms with van der Waals surface area (Å²) in [5.74, 6) is 0.130. The molecule has 1 fully saturated rings. The van der Waals surface area contributed by atoms with Gasteiger partial charge < -0.3 is 9.64 Å². The lowest BCUT2D eigenvalue weighted by Gasteiger charge is -2.31. The molecule has 2 heterocycles.